The number of hydrogen-bond donors (Lipinski definition) is 1. The minimum absolute atomic E-state index is 0.205. The molecule has 1 saturated heterocycles. The highest BCUT2D eigenvalue weighted by Gasteiger charge is 2.28. The van der Waals surface area contributed by atoms with Crippen molar-refractivity contribution < 1.29 is 14.4 Å². The molecule has 7 heteroatoms. The van der Waals surface area contributed by atoms with Gasteiger partial charge in [-0.1, -0.05) is 0 Å². The van der Waals surface area contributed by atoms with Gasteiger partial charge in [-0.15, -0.1) is 5.06 Å². The van der Waals surface area contributed by atoms with E-state index < -0.39 is 11.3 Å². The van der Waals surface area contributed by atoms with Crippen LogP contribution in [0.5, 0.6) is 0 Å². The average Bonchev–Trinajstić information content (AvgIpc) is 2.88. The maximum Gasteiger partial charge on any atom is 0.330 e. The maximum absolute atomic E-state index is 11.9. The van der Waals surface area contributed by atoms with Crippen LogP contribution in [-0.2, 0) is 16.2 Å². The Balaban J connectivity index is 1.79. The van der Waals surface area contributed by atoms with E-state index in [1.54, 1.807) is 15.9 Å². The highest BCUT2D eigenvalue weighted by atomic mass is 16.7. The molecule has 0 spiro atoms. The first-order valence-corrected chi connectivity index (χ1v) is 7.55. The van der Waals surface area contributed by atoms with Gasteiger partial charge in [0.05, 0.1) is 17.2 Å². The standard InChI is InChI=1S/C15H24N4O3/c1-15(2,3)14(21)22-19-6-4-11(5-7-19)9-18-10-12(8-17-18)13(16)20/h8,10-11H,4-7,9H2,1-3H3,(H2,16,20). The number of rotatable bonds is 4. The molecule has 2 heterocycles. The Morgan fingerprint density at radius 3 is 2.50 bits per heavy atom. The molecule has 2 N–H and O–H groups in total. The summed E-state index contributed by atoms with van der Waals surface area (Å²) in [5.74, 6) is -0.218. The van der Waals surface area contributed by atoms with E-state index in [0.717, 1.165) is 32.5 Å². The molecule has 0 unspecified atom stereocenters. The van der Waals surface area contributed by atoms with Crippen molar-refractivity contribution in [2.75, 3.05) is 13.1 Å². The molecule has 1 amide bonds. The number of hydroxylamine groups is 2. The summed E-state index contributed by atoms with van der Waals surface area (Å²) >= 11 is 0. The molecule has 1 fully saturated rings. The summed E-state index contributed by atoms with van der Waals surface area (Å²) in [5.41, 5.74) is 5.15. The Labute approximate surface area is 130 Å². The highest BCUT2D eigenvalue weighted by Crippen LogP contribution is 2.22. The molecule has 1 aromatic heterocycles. The lowest BCUT2D eigenvalue weighted by Gasteiger charge is -2.32. The van der Waals surface area contributed by atoms with E-state index in [1.165, 1.54) is 6.20 Å². The van der Waals surface area contributed by atoms with Crippen LogP contribution in [0.25, 0.3) is 0 Å². The Kier molecular flexibility index (Phi) is 4.85. The predicted octanol–water partition coefficient (Wildman–Crippen LogP) is 1.20. The van der Waals surface area contributed by atoms with Gasteiger partial charge in [-0.2, -0.15) is 5.10 Å². The number of amides is 1. The van der Waals surface area contributed by atoms with Crippen LogP contribution in [0.15, 0.2) is 12.4 Å². The predicted molar refractivity (Wildman–Crippen MR) is 80.6 cm³/mol. The van der Waals surface area contributed by atoms with Gasteiger partial charge >= 0.3 is 5.97 Å². The molecular weight excluding hydrogens is 284 g/mol. The summed E-state index contributed by atoms with van der Waals surface area (Å²) in [5, 5.41) is 5.89. The molecule has 0 radical (unpaired) electrons. The third-order valence-corrected chi connectivity index (χ3v) is 3.76. The fourth-order valence-corrected chi connectivity index (χ4v) is 2.29. The van der Waals surface area contributed by atoms with Crippen LogP contribution in [0.1, 0.15) is 44.0 Å². The molecule has 122 valence electrons. The van der Waals surface area contributed by atoms with Crippen molar-refractivity contribution >= 4 is 11.9 Å². The fourth-order valence-electron chi connectivity index (χ4n) is 2.29. The minimum atomic E-state index is -0.489. The van der Waals surface area contributed by atoms with Crippen molar-refractivity contribution in [3.8, 4) is 0 Å². The number of piperidine rings is 1. The van der Waals surface area contributed by atoms with Crippen molar-refractivity contribution in [2.24, 2.45) is 17.1 Å². The van der Waals surface area contributed by atoms with Crippen molar-refractivity contribution in [1.29, 1.82) is 0 Å². The van der Waals surface area contributed by atoms with Gasteiger partial charge in [-0.25, -0.2) is 4.79 Å². The molecule has 2 rings (SSSR count). The minimum Gasteiger partial charge on any atom is -0.367 e. The smallest absolute Gasteiger partial charge is 0.330 e. The molecule has 22 heavy (non-hydrogen) atoms. The summed E-state index contributed by atoms with van der Waals surface area (Å²) in [7, 11) is 0. The first-order valence-electron chi connectivity index (χ1n) is 7.55. The first kappa shape index (κ1) is 16.5. The Hall–Kier alpha value is -1.89. The first-order chi connectivity index (χ1) is 10.3. The van der Waals surface area contributed by atoms with Gasteiger partial charge in [0.1, 0.15) is 0 Å². The van der Waals surface area contributed by atoms with E-state index in [-0.39, 0.29) is 5.97 Å². The van der Waals surface area contributed by atoms with Crippen LogP contribution in [0, 0.1) is 11.3 Å². The van der Waals surface area contributed by atoms with Crippen LogP contribution in [0.3, 0.4) is 0 Å². The zero-order valence-corrected chi connectivity index (χ0v) is 13.4. The zero-order chi connectivity index (χ0) is 16.3. The second-order valence-electron chi connectivity index (χ2n) is 6.82. The molecule has 1 aliphatic heterocycles. The van der Waals surface area contributed by atoms with Crippen molar-refractivity contribution in [3.63, 3.8) is 0 Å². The Morgan fingerprint density at radius 1 is 1.36 bits per heavy atom. The second kappa shape index (κ2) is 6.48. The van der Waals surface area contributed by atoms with Gasteiger partial charge in [0.25, 0.3) is 5.91 Å². The number of carbonyl (C=O) groups excluding carboxylic acids is 2. The van der Waals surface area contributed by atoms with Crippen molar-refractivity contribution in [1.82, 2.24) is 14.8 Å². The van der Waals surface area contributed by atoms with E-state index in [0.29, 0.717) is 11.5 Å². The average molecular weight is 308 g/mol. The van der Waals surface area contributed by atoms with Gasteiger partial charge in [0.2, 0.25) is 0 Å². The molecule has 1 aromatic rings. The summed E-state index contributed by atoms with van der Waals surface area (Å²) in [4.78, 5) is 28.3. The van der Waals surface area contributed by atoms with E-state index in [9.17, 15) is 9.59 Å². The van der Waals surface area contributed by atoms with Crippen LogP contribution in [0.2, 0.25) is 0 Å². The van der Waals surface area contributed by atoms with Crippen molar-refractivity contribution in [2.45, 2.75) is 40.2 Å². The molecule has 0 atom stereocenters. The molecule has 0 aromatic carbocycles. The lowest BCUT2D eigenvalue weighted by atomic mass is 9.97. The maximum atomic E-state index is 11.9. The summed E-state index contributed by atoms with van der Waals surface area (Å²) < 4.78 is 1.75. The van der Waals surface area contributed by atoms with E-state index in [1.807, 2.05) is 20.8 Å². The molecular formula is C15H24N4O3. The SMILES string of the molecule is CC(C)(C)C(=O)ON1CCC(Cn2cc(C(N)=O)cn2)CC1. The number of nitrogens with two attached hydrogens (primary N) is 1. The summed E-state index contributed by atoms with van der Waals surface area (Å²) in [6.45, 7) is 7.71. The number of aromatic nitrogens is 2. The van der Waals surface area contributed by atoms with Crippen LogP contribution in [-0.4, -0.2) is 39.8 Å². The second-order valence-corrected chi connectivity index (χ2v) is 6.82. The van der Waals surface area contributed by atoms with E-state index in [2.05, 4.69) is 5.10 Å². The fraction of sp³-hybridized carbons (Fsp3) is 0.667. The third kappa shape index (κ3) is 4.30. The van der Waals surface area contributed by atoms with Crippen LogP contribution < -0.4 is 5.73 Å². The molecule has 7 nitrogen and oxygen atoms in total. The number of hydrogen-bond acceptors (Lipinski definition) is 5. The quantitative estimate of drug-likeness (QED) is 0.902. The normalized spacial score (nSPS) is 17.4. The number of nitrogens with zero attached hydrogens (tertiary/aromatic N) is 3. The van der Waals surface area contributed by atoms with Crippen molar-refractivity contribution in [3.05, 3.63) is 18.0 Å². The van der Waals surface area contributed by atoms with Gasteiger partial charge < -0.3 is 10.6 Å². The van der Waals surface area contributed by atoms with Gasteiger partial charge in [-0.3, -0.25) is 9.48 Å². The third-order valence-electron chi connectivity index (χ3n) is 3.76. The number of primary amides is 1. The summed E-state index contributed by atoms with van der Waals surface area (Å²) in [6.07, 6.45) is 5.00. The van der Waals surface area contributed by atoms with Gasteiger partial charge in [0, 0.05) is 25.8 Å². The molecule has 1 aliphatic rings. The number of carbonyl (C=O) groups is 2. The molecule has 0 bridgehead atoms. The summed E-state index contributed by atoms with van der Waals surface area (Å²) in [6, 6.07) is 0. The lowest BCUT2D eigenvalue weighted by molar-refractivity contribution is -0.206. The van der Waals surface area contributed by atoms with E-state index >= 15 is 0 Å². The van der Waals surface area contributed by atoms with Gasteiger partial charge in [0.15, 0.2) is 0 Å². The van der Waals surface area contributed by atoms with Crippen LogP contribution in [0.4, 0.5) is 0 Å². The topological polar surface area (TPSA) is 90.5 Å². The van der Waals surface area contributed by atoms with E-state index in [4.69, 9.17) is 10.6 Å². The monoisotopic (exact) mass is 308 g/mol. The highest BCUT2D eigenvalue weighted by molar-refractivity contribution is 5.92. The largest absolute Gasteiger partial charge is 0.367 e. The molecule has 0 aliphatic carbocycles. The zero-order valence-electron chi connectivity index (χ0n) is 13.4. The Bertz CT molecular complexity index is 539. The Morgan fingerprint density at radius 2 is 2.00 bits per heavy atom. The molecule has 0 saturated carbocycles. The van der Waals surface area contributed by atoms with Crippen LogP contribution >= 0.6 is 0 Å². The lowest BCUT2D eigenvalue weighted by Crippen LogP contribution is -2.39. The van der Waals surface area contributed by atoms with Gasteiger partial charge in [-0.05, 0) is 39.5 Å².